The lowest BCUT2D eigenvalue weighted by atomic mass is 9.94. The summed E-state index contributed by atoms with van der Waals surface area (Å²) in [5.41, 5.74) is 0. The van der Waals surface area contributed by atoms with Crippen LogP contribution in [-0.2, 0) is 6.42 Å². The molecule has 2 aliphatic rings. The van der Waals surface area contributed by atoms with Gasteiger partial charge in [-0.2, -0.15) is 0 Å². The number of hydrogen-bond acceptors (Lipinski definition) is 3. The Bertz CT molecular complexity index is 375. The lowest BCUT2D eigenvalue weighted by molar-refractivity contribution is 0.310. The number of aryl methyl sites for hydroxylation is 1. The molecule has 0 amide bonds. The van der Waals surface area contributed by atoms with Crippen LogP contribution < -0.4 is 5.32 Å². The van der Waals surface area contributed by atoms with Crippen molar-refractivity contribution in [1.82, 2.24) is 20.1 Å². The molecule has 17 heavy (non-hydrogen) atoms. The first-order chi connectivity index (χ1) is 8.34. The molecule has 1 aliphatic heterocycles. The number of rotatable bonds is 3. The van der Waals surface area contributed by atoms with Crippen molar-refractivity contribution in [1.29, 1.82) is 0 Å². The quantitative estimate of drug-likeness (QED) is 0.868. The van der Waals surface area contributed by atoms with E-state index >= 15 is 0 Å². The van der Waals surface area contributed by atoms with Crippen LogP contribution in [0.4, 0.5) is 0 Å². The maximum atomic E-state index is 4.40. The van der Waals surface area contributed by atoms with Crippen molar-refractivity contribution in [2.75, 3.05) is 13.1 Å². The molecule has 3 rings (SSSR count). The largest absolute Gasteiger partial charge is 0.316 e. The molecule has 2 fully saturated rings. The Hall–Kier alpha value is -0.900. The molecular weight excluding hydrogens is 212 g/mol. The zero-order valence-electron chi connectivity index (χ0n) is 10.7. The van der Waals surface area contributed by atoms with Crippen molar-refractivity contribution in [2.24, 2.45) is 5.92 Å². The van der Waals surface area contributed by atoms with Crippen LogP contribution in [0.2, 0.25) is 0 Å². The van der Waals surface area contributed by atoms with Gasteiger partial charge in [0.05, 0.1) is 0 Å². The number of hydrogen-bond donors (Lipinski definition) is 1. The highest BCUT2D eigenvalue weighted by molar-refractivity contribution is 5.00. The van der Waals surface area contributed by atoms with E-state index in [2.05, 4.69) is 27.0 Å². The van der Waals surface area contributed by atoms with E-state index < -0.39 is 0 Å². The molecule has 4 heteroatoms. The Morgan fingerprint density at radius 2 is 1.94 bits per heavy atom. The van der Waals surface area contributed by atoms with E-state index in [4.69, 9.17) is 0 Å². The van der Waals surface area contributed by atoms with Crippen molar-refractivity contribution in [3.8, 4) is 0 Å². The average Bonchev–Trinajstić information content (AvgIpc) is 2.66. The molecule has 0 unspecified atom stereocenters. The summed E-state index contributed by atoms with van der Waals surface area (Å²) < 4.78 is 2.43. The second-order valence-corrected chi connectivity index (χ2v) is 5.55. The van der Waals surface area contributed by atoms with E-state index in [0.717, 1.165) is 31.3 Å². The van der Waals surface area contributed by atoms with Gasteiger partial charge in [-0.3, -0.25) is 0 Å². The van der Waals surface area contributed by atoms with Gasteiger partial charge in [-0.1, -0.05) is 19.3 Å². The molecule has 0 atom stereocenters. The third-order valence-corrected chi connectivity index (χ3v) is 4.21. The first kappa shape index (κ1) is 11.2. The van der Waals surface area contributed by atoms with Crippen molar-refractivity contribution in [3.63, 3.8) is 0 Å². The Morgan fingerprint density at radius 1 is 1.18 bits per heavy atom. The summed E-state index contributed by atoms with van der Waals surface area (Å²) in [6, 6.07) is 0.668. The fraction of sp³-hybridized carbons (Fsp3) is 0.846. The maximum absolute atomic E-state index is 4.40. The predicted molar refractivity (Wildman–Crippen MR) is 66.9 cm³/mol. The van der Waals surface area contributed by atoms with E-state index in [0.29, 0.717) is 6.04 Å². The average molecular weight is 234 g/mol. The van der Waals surface area contributed by atoms with E-state index in [9.17, 15) is 0 Å². The van der Waals surface area contributed by atoms with Gasteiger partial charge in [-0.05, 0) is 38.8 Å². The number of aromatic nitrogens is 3. The Balaban J connectivity index is 1.77. The molecule has 0 bridgehead atoms. The molecule has 1 aromatic heterocycles. The minimum absolute atomic E-state index is 0.668. The van der Waals surface area contributed by atoms with Gasteiger partial charge in [0.1, 0.15) is 11.6 Å². The van der Waals surface area contributed by atoms with Crippen LogP contribution >= 0.6 is 0 Å². The molecule has 1 aromatic rings. The Labute approximate surface area is 103 Å². The molecule has 1 aliphatic carbocycles. The van der Waals surface area contributed by atoms with Gasteiger partial charge in [0, 0.05) is 12.5 Å². The second-order valence-electron chi connectivity index (χ2n) is 5.55. The zero-order valence-corrected chi connectivity index (χ0v) is 10.7. The second kappa shape index (κ2) is 4.77. The van der Waals surface area contributed by atoms with Gasteiger partial charge < -0.3 is 9.88 Å². The molecule has 1 saturated heterocycles. The van der Waals surface area contributed by atoms with Crippen molar-refractivity contribution >= 4 is 0 Å². The highest BCUT2D eigenvalue weighted by atomic mass is 15.3. The summed E-state index contributed by atoms with van der Waals surface area (Å²) in [7, 11) is 0. The van der Waals surface area contributed by atoms with Crippen molar-refractivity contribution in [3.05, 3.63) is 11.6 Å². The topological polar surface area (TPSA) is 42.7 Å². The highest BCUT2D eigenvalue weighted by Crippen LogP contribution is 2.30. The molecule has 1 N–H and O–H groups in total. The van der Waals surface area contributed by atoms with Gasteiger partial charge in [0.15, 0.2) is 0 Å². The Morgan fingerprint density at radius 3 is 2.59 bits per heavy atom. The van der Waals surface area contributed by atoms with Crippen molar-refractivity contribution in [2.45, 2.75) is 51.5 Å². The fourth-order valence-corrected chi connectivity index (χ4v) is 3.12. The summed E-state index contributed by atoms with van der Waals surface area (Å²) >= 11 is 0. The van der Waals surface area contributed by atoms with Crippen LogP contribution in [0.1, 0.15) is 49.8 Å². The Kier molecular flexibility index (Phi) is 3.14. The van der Waals surface area contributed by atoms with Crippen molar-refractivity contribution < 1.29 is 0 Å². The highest BCUT2D eigenvalue weighted by Gasteiger charge is 2.24. The molecule has 0 spiro atoms. The van der Waals surface area contributed by atoms with Crippen LogP contribution in [0, 0.1) is 12.8 Å². The van der Waals surface area contributed by atoms with Gasteiger partial charge in [0.25, 0.3) is 0 Å². The van der Waals surface area contributed by atoms with Gasteiger partial charge in [-0.25, -0.2) is 0 Å². The molecule has 2 heterocycles. The van der Waals surface area contributed by atoms with E-state index in [1.165, 1.54) is 37.9 Å². The number of nitrogens with one attached hydrogen (secondary N) is 1. The van der Waals surface area contributed by atoms with Gasteiger partial charge in [-0.15, -0.1) is 10.2 Å². The lowest BCUT2D eigenvalue weighted by Crippen LogP contribution is -2.43. The molecule has 1 saturated carbocycles. The first-order valence-electron chi connectivity index (χ1n) is 6.95. The summed E-state index contributed by atoms with van der Waals surface area (Å²) in [6.07, 6.45) is 7.87. The first-order valence-corrected chi connectivity index (χ1v) is 6.95. The summed E-state index contributed by atoms with van der Waals surface area (Å²) in [5.74, 6) is 3.11. The van der Waals surface area contributed by atoms with Crippen LogP contribution in [0.3, 0.4) is 0 Å². The standard InChI is InChI=1S/C13H22N4/c1-10-15-16-13(7-11-8-14-9-11)17(10)12-5-3-2-4-6-12/h11-12,14H,2-9H2,1H3. The van der Waals surface area contributed by atoms with Gasteiger partial charge >= 0.3 is 0 Å². The smallest absolute Gasteiger partial charge is 0.133 e. The molecule has 0 radical (unpaired) electrons. The predicted octanol–water partition coefficient (Wildman–Crippen LogP) is 1.85. The monoisotopic (exact) mass is 234 g/mol. The third-order valence-electron chi connectivity index (χ3n) is 4.21. The van der Waals surface area contributed by atoms with Crippen LogP contribution in [0.5, 0.6) is 0 Å². The molecule has 4 nitrogen and oxygen atoms in total. The fourth-order valence-electron chi connectivity index (χ4n) is 3.12. The SMILES string of the molecule is Cc1nnc(CC2CNC2)n1C1CCCCC1. The van der Waals surface area contributed by atoms with Crippen LogP contribution in [0.15, 0.2) is 0 Å². The van der Waals surface area contributed by atoms with E-state index in [-0.39, 0.29) is 0 Å². The lowest BCUT2D eigenvalue weighted by Gasteiger charge is -2.29. The third kappa shape index (κ3) is 2.23. The van der Waals surface area contributed by atoms with E-state index in [1.54, 1.807) is 0 Å². The summed E-state index contributed by atoms with van der Waals surface area (Å²) in [4.78, 5) is 0. The normalized spacial score (nSPS) is 22.6. The summed E-state index contributed by atoms with van der Waals surface area (Å²) in [6.45, 7) is 4.40. The van der Waals surface area contributed by atoms with Crippen LogP contribution in [0.25, 0.3) is 0 Å². The van der Waals surface area contributed by atoms with E-state index in [1.807, 2.05) is 0 Å². The minimum Gasteiger partial charge on any atom is -0.316 e. The molecule has 0 aromatic carbocycles. The summed E-state index contributed by atoms with van der Waals surface area (Å²) in [5, 5.41) is 12.0. The maximum Gasteiger partial charge on any atom is 0.133 e. The molecule has 94 valence electrons. The zero-order chi connectivity index (χ0) is 11.7. The minimum atomic E-state index is 0.668. The number of nitrogens with zero attached hydrogens (tertiary/aromatic N) is 3. The van der Waals surface area contributed by atoms with Gasteiger partial charge in [0.2, 0.25) is 0 Å². The van der Waals surface area contributed by atoms with Crippen LogP contribution in [-0.4, -0.2) is 27.9 Å². The molecular formula is C13H22N4.